The van der Waals surface area contributed by atoms with Gasteiger partial charge in [-0.25, -0.2) is 0 Å². The highest BCUT2D eigenvalue weighted by Crippen LogP contribution is 2.34. The van der Waals surface area contributed by atoms with E-state index in [0.717, 1.165) is 35.8 Å². The predicted octanol–water partition coefficient (Wildman–Crippen LogP) is 2.13. The molecule has 0 spiro atoms. The molecule has 0 radical (unpaired) electrons. The summed E-state index contributed by atoms with van der Waals surface area (Å²) in [5.41, 5.74) is 7.93. The van der Waals surface area contributed by atoms with E-state index < -0.39 is 0 Å². The molecule has 1 aromatic carbocycles. The average Bonchev–Trinajstić information content (AvgIpc) is 2.29. The molecule has 1 aliphatic heterocycles. The molecule has 0 saturated carbocycles. The van der Waals surface area contributed by atoms with Gasteiger partial charge >= 0.3 is 0 Å². The second-order valence-corrected chi connectivity index (χ2v) is 5.29. The Labute approximate surface area is 109 Å². The van der Waals surface area contributed by atoms with Gasteiger partial charge in [-0.1, -0.05) is 13.8 Å². The van der Waals surface area contributed by atoms with Crippen LogP contribution in [0.5, 0.6) is 11.5 Å². The number of nitrogens with zero attached hydrogens (tertiary/aromatic N) is 1. The molecule has 0 bridgehead atoms. The second kappa shape index (κ2) is 5.48. The van der Waals surface area contributed by atoms with Crippen molar-refractivity contribution in [3.63, 3.8) is 0 Å². The van der Waals surface area contributed by atoms with Crippen molar-refractivity contribution in [1.82, 2.24) is 4.90 Å². The monoisotopic (exact) mass is 250 g/mol. The third-order valence-corrected chi connectivity index (χ3v) is 2.92. The Bertz CT molecular complexity index is 419. The zero-order valence-corrected chi connectivity index (χ0v) is 11.4. The number of rotatable bonds is 4. The summed E-state index contributed by atoms with van der Waals surface area (Å²) in [7, 11) is 2.11. The van der Waals surface area contributed by atoms with Gasteiger partial charge in [-0.2, -0.15) is 0 Å². The fraction of sp³-hybridized carbons (Fsp3) is 0.571. The van der Waals surface area contributed by atoms with Crippen molar-refractivity contribution in [2.24, 2.45) is 5.92 Å². The van der Waals surface area contributed by atoms with Gasteiger partial charge in [0.15, 0.2) is 11.5 Å². The summed E-state index contributed by atoms with van der Waals surface area (Å²) in [6.07, 6.45) is 0. The molecule has 0 atom stereocenters. The Morgan fingerprint density at radius 2 is 1.83 bits per heavy atom. The van der Waals surface area contributed by atoms with E-state index in [1.165, 1.54) is 0 Å². The van der Waals surface area contributed by atoms with Gasteiger partial charge in [-0.05, 0) is 24.6 Å². The molecule has 2 rings (SSSR count). The van der Waals surface area contributed by atoms with Crippen LogP contribution in [0.2, 0.25) is 0 Å². The molecule has 0 unspecified atom stereocenters. The number of hydrogen-bond acceptors (Lipinski definition) is 4. The van der Waals surface area contributed by atoms with Gasteiger partial charge in [-0.3, -0.25) is 0 Å². The Hall–Kier alpha value is -1.42. The molecule has 0 aliphatic carbocycles. The van der Waals surface area contributed by atoms with Crippen LogP contribution in [0.15, 0.2) is 12.1 Å². The highest BCUT2D eigenvalue weighted by atomic mass is 16.6. The van der Waals surface area contributed by atoms with Crippen LogP contribution < -0.4 is 15.2 Å². The van der Waals surface area contributed by atoms with E-state index in [1.807, 2.05) is 12.1 Å². The summed E-state index contributed by atoms with van der Waals surface area (Å²) >= 11 is 0. The molecule has 4 heteroatoms. The van der Waals surface area contributed by atoms with E-state index >= 15 is 0 Å². The number of nitrogen functional groups attached to an aromatic ring is 1. The van der Waals surface area contributed by atoms with Gasteiger partial charge < -0.3 is 20.1 Å². The molecular formula is C14H22N2O2. The molecule has 2 N–H and O–H groups in total. The first-order valence-electron chi connectivity index (χ1n) is 6.43. The van der Waals surface area contributed by atoms with E-state index in [2.05, 4.69) is 25.8 Å². The lowest BCUT2D eigenvalue weighted by Gasteiger charge is -2.23. The van der Waals surface area contributed by atoms with Crippen LogP contribution in [0.3, 0.4) is 0 Å². The van der Waals surface area contributed by atoms with Crippen LogP contribution in [0.1, 0.15) is 19.4 Å². The van der Waals surface area contributed by atoms with Crippen molar-refractivity contribution in [1.29, 1.82) is 0 Å². The van der Waals surface area contributed by atoms with E-state index in [4.69, 9.17) is 15.2 Å². The first-order valence-corrected chi connectivity index (χ1v) is 6.43. The Morgan fingerprint density at radius 3 is 2.44 bits per heavy atom. The molecule has 0 fully saturated rings. The molecule has 1 aromatic rings. The normalized spacial score (nSPS) is 14.3. The average molecular weight is 250 g/mol. The van der Waals surface area contributed by atoms with E-state index in [-0.39, 0.29) is 0 Å². The summed E-state index contributed by atoms with van der Waals surface area (Å²) in [5.74, 6) is 2.21. The zero-order chi connectivity index (χ0) is 13.1. The highest BCUT2D eigenvalue weighted by Gasteiger charge is 2.15. The maximum Gasteiger partial charge on any atom is 0.163 e. The lowest BCUT2D eigenvalue weighted by molar-refractivity contribution is 0.171. The molecule has 0 saturated heterocycles. The van der Waals surface area contributed by atoms with Crippen molar-refractivity contribution < 1.29 is 9.47 Å². The first-order chi connectivity index (χ1) is 8.56. The second-order valence-electron chi connectivity index (χ2n) is 5.29. The summed E-state index contributed by atoms with van der Waals surface area (Å²) in [6.45, 7) is 7.51. The van der Waals surface area contributed by atoms with Crippen LogP contribution in [0.25, 0.3) is 0 Å². The minimum absolute atomic E-state index is 0.596. The highest BCUT2D eigenvalue weighted by molar-refractivity contribution is 5.58. The van der Waals surface area contributed by atoms with Crippen molar-refractivity contribution in [2.75, 3.05) is 32.5 Å². The quantitative estimate of drug-likeness (QED) is 0.832. The standard InChI is InChI=1S/C14H22N2O2/c1-10(2)8-16(3)9-11-6-13-14(7-12(11)15)18-5-4-17-13/h6-7,10H,4-5,8-9,15H2,1-3H3. The molecular weight excluding hydrogens is 228 g/mol. The lowest BCUT2D eigenvalue weighted by Crippen LogP contribution is -2.23. The van der Waals surface area contributed by atoms with E-state index in [0.29, 0.717) is 19.1 Å². The minimum Gasteiger partial charge on any atom is -0.486 e. The van der Waals surface area contributed by atoms with Gasteiger partial charge in [0.2, 0.25) is 0 Å². The molecule has 1 aliphatic rings. The van der Waals surface area contributed by atoms with Gasteiger partial charge in [0.05, 0.1) is 0 Å². The molecule has 4 nitrogen and oxygen atoms in total. The van der Waals surface area contributed by atoms with Crippen LogP contribution >= 0.6 is 0 Å². The molecule has 18 heavy (non-hydrogen) atoms. The van der Waals surface area contributed by atoms with Crippen molar-refractivity contribution in [3.05, 3.63) is 17.7 Å². The van der Waals surface area contributed by atoms with Crippen LogP contribution in [0, 0.1) is 5.92 Å². The third kappa shape index (κ3) is 3.07. The Balaban J connectivity index is 2.13. The number of hydrogen-bond donors (Lipinski definition) is 1. The van der Waals surface area contributed by atoms with Crippen LogP contribution in [-0.2, 0) is 6.54 Å². The summed E-state index contributed by atoms with van der Waals surface area (Å²) in [4.78, 5) is 2.27. The van der Waals surface area contributed by atoms with Gasteiger partial charge in [0, 0.05) is 24.8 Å². The van der Waals surface area contributed by atoms with Gasteiger partial charge in [0.1, 0.15) is 13.2 Å². The Kier molecular flexibility index (Phi) is 3.97. The molecule has 100 valence electrons. The largest absolute Gasteiger partial charge is 0.486 e. The number of fused-ring (bicyclic) bond motifs is 1. The maximum atomic E-state index is 6.06. The molecule has 0 amide bonds. The van der Waals surface area contributed by atoms with Crippen molar-refractivity contribution in [2.45, 2.75) is 20.4 Å². The van der Waals surface area contributed by atoms with Crippen LogP contribution in [-0.4, -0.2) is 31.7 Å². The number of ether oxygens (including phenoxy) is 2. The van der Waals surface area contributed by atoms with Crippen LogP contribution in [0.4, 0.5) is 5.69 Å². The van der Waals surface area contributed by atoms with E-state index in [1.54, 1.807) is 0 Å². The SMILES string of the molecule is CC(C)CN(C)Cc1cc2c(cc1N)OCCO2. The summed E-state index contributed by atoms with van der Waals surface area (Å²) in [5, 5.41) is 0. The topological polar surface area (TPSA) is 47.7 Å². The third-order valence-electron chi connectivity index (χ3n) is 2.92. The molecule has 1 heterocycles. The fourth-order valence-corrected chi connectivity index (χ4v) is 2.26. The van der Waals surface area contributed by atoms with Gasteiger partial charge in [0.25, 0.3) is 0 Å². The van der Waals surface area contributed by atoms with E-state index in [9.17, 15) is 0 Å². The number of nitrogens with two attached hydrogens (primary N) is 1. The molecule has 0 aromatic heterocycles. The van der Waals surface area contributed by atoms with Crippen molar-refractivity contribution in [3.8, 4) is 11.5 Å². The summed E-state index contributed by atoms with van der Waals surface area (Å²) in [6, 6.07) is 3.87. The number of anilines is 1. The Morgan fingerprint density at radius 1 is 1.22 bits per heavy atom. The minimum atomic E-state index is 0.596. The van der Waals surface area contributed by atoms with Gasteiger partial charge in [-0.15, -0.1) is 0 Å². The van der Waals surface area contributed by atoms with Crippen molar-refractivity contribution >= 4 is 5.69 Å². The lowest BCUT2D eigenvalue weighted by atomic mass is 10.1. The summed E-state index contributed by atoms with van der Waals surface area (Å²) < 4.78 is 11.1. The maximum absolute atomic E-state index is 6.06. The first kappa shape index (κ1) is 13.0. The predicted molar refractivity (Wildman–Crippen MR) is 73.0 cm³/mol. The number of benzene rings is 1. The smallest absolute Gasteiger partial charge is 0.163 e. The fourth-order valence-electron chi connectivity index (χ4n) is 2.26. The zero-order valence-electron chi connectivity index (χ0n) is 11.4.